The summed E-state index contributed by atoms with van der Waals surface area (Å²) in [6.45, 7) is 3.82. The molecule has 0 spiro atoms. The van der Waals surface area contributed by atoms with Crippen LogP contribution < -0.4 is 4.72 Å². The van der Waals surface area contributed by atoms with E-state index >= 15 is 0 Å². The molecule has 114 valence electrons. The van der Waals surface area contributed by atoms with E-state index in [2.05, 4.69) is 14.8 Å². The Morgan fingerprint density at radius 3 is 2.48 bits per heavy atom. The molecule has 1 atom stereocenters. The van der Waals surface area contributed by atoms with Crippen LogP contribution in [0.2, 0.25) is 10.0 Å². The molecule has 0 bridgehead atoms. The van der Waals surface area contributed by atoms with Crippen molar-refractivity contribution in [3.05, 3.63) is 40.4 Å². The Morgan fingerprint density at radius 2 is 1.95 bits per heavy atom. The van der Waals surface area contributed by atoms with Gasteiger partial charge < -0.3 is 0 Å². The van der Waals surface area contributed by atoms with Crippen molar-refractivity contribution in [2.45, 2.75) is 31.3 Å². The molecule has 1 aromatic carbocycles. The van der Waals surface area contributed by atoms with Crippen molar-refractivity contribution in [1.82, 2.24) is 19.5 Å². The van der Waals surface area contributed by atoms with Crippen LogP contribution in [-0.2, 0) is 16.6 Å². The smallest absolute Gasteiger partial charge is 0.240 e. The van der Waals surface area contributed by atoms with E-state index in [4.69, 9.17) is 23.2 Å². The molecule has 9 heteroatoms. The van der Waals surface area contributed by atoms with Crippen molar-refractivity contribution in [2.24, 2.45) is 0 Å². The fourth-order valence-corrected chi connectivity index (χ4v) is 3.66. The summed E-state index contributed by atoms with van der Waals surface area (Å²) < 4.78 is 28.7. The molecule has 1 aromatic heterocycles. The zero-order valence-electron chi connectivity index (χ0n) is 11.4. The number of halogens is 2. The first-order valence-electron chi connectivity index (χ1n) is 6.10. The molecule has 6 nitrogen and oxygen atoms in total. The molecule has 2 rings (SSSR count). The van der Waals surface area contributed by atoms with Gasteiger partial charge in [0.25, 0.3) is 0 Å². The van der Waals surface area contributed by atoms with Gasteiger partial charge in [-0.2, -0.15) is 5.10 Å². The van der Waals surface area contributed by atoms with E-state index in [9.17, 15) is 8.42 Å². The number of nitrogens with zero attached hydrogens (tertiary/aromatic N) is 3. The highest BCUT2D eigenvalue weighted by molar-refractivity contribution is 7.89. The van der Waals surface area contributed by atoms with Crippen molar-refractivity contribution < 1.29 is 8.42 Å². The highest BCUT2D eigenvalue weighted by Crippen LogP contribution is 2.27. The first-order valence-corrected chi connectivity index (χ1v) is 8.34. The highest BCUT2D eigenvalue weighted by atomic mass is 35.5. The molecule has 0 saturated carbocycles. The highest BCUT2D eigenvalue weighted by Gasteiger charge is 2.20. The largest absolute Gasteiger partial charge is 0.251 e. The second-order valence-electron chi connectivity index (χ2n) is 4.65. The Morgan fingerprint density at radius 1 is 1.33 bits per heavy atom. The van der Waals surface area contributed by atoms with Gasteiger partial charge in [0, 0.05) is 16.1 Å². The first kappa shape index (κ1) is 16.2. The maximum atomic E-state index is 12.3. The number of benzene rings is 1. The zero-order valence-corrected chi connectivity index (χ0v) is 13.7. The third kappa shape index (κ3) is 3.94. The van der Waals surface area contributed by atoms with Crippen LogP contribution >= 0.6 is 23.2 Å². The fraction of sp³-hybridized carbons (Fsp3) is 0.333. The molecular formula is C12H14Cl2N4O2S. The van der Waals surface area contributed by atoms with Crippen LogP contribution in [0.15, 0.2) is 29.7 Å². The summed E-state index contributed by atoms with van der Waals surface area (Å²) >= 11 is 12.0. The SMILES string of the molecule is Cc1c(Cl)cc(S(=O)(=O)N[C@@H](C)Cn2cncn2)cc1Cl. The van der Waals surface area contributed by atoms with E-state index < -0.39 is 10.0 Å². The summed E-state index contributed by atoms with van der Waals surface area (Å²) in [5, 5.41) is 4.55. The van der Waals surface area contributed by atoms with E-state index in [1.165, 1.54) is 24.8 Å². The number of rotatable bonds is 5. The van der Waals surface area contributed by atoms with Crippen LogP contribution in [0.5, 0.6) is 0 Å². The molecule has 0 aliphatic carbocycles. The minimum Gasteiger partial charge on any atom is -0.251 e. The molecule has 2 aromatic rings. The molecule has 0 aliphatic rings. The number of hydrogen-bond acceptors (Lipinski definition) is 4. The Bertz CT molecular complexity index is 709. The molecule has 0 aliphatic heterocycles. The van der Waals surface area contributed by atoms with E-state index in [0.717, 1.165) is 0 Å². The molecular weight excluding hydrogens is 335 g/mol. The minimum absolute atomic E-state index is 0.0357. The molecule has 0 saturated heterocycles. The van der Waals surface area contributed by atoms with Gasteiger partial charge in [-0.1, -0.05) is 23.2 Å². The topological polar surface area (TPSA) is 76.9 Å². The first-order chi connectivity index (χ1) is 9.79. The maximum absolute atomic E-state index is 12.3. The van der Waals surface area contributed by atoms with Crippen molar-refractivity contribution in [3.8, 4) is 0 Å². The average molecular weight is 349 g/mol. The standard InChI is InChI=1S/C12H14Cl2N4O2S/c1-8(5-18-7-15-6-16-18)17-21(19,20)10-3-11(13)9(2)12(14)4-10/h3-4,6-8,17H,5H2,1-2H3/t8-/m0/s1. The Balaban J connectivity index is 2.18. The van der Waals surface area contributed by atoms with Gasteiger partial charge in [-0.15, -0.1) is 0 Å². The van der Waals surface area contributed by atoms with Gasteiger partial charge in [0.2, 0.25) is 10.0 Å². The average Bonchev–Trinajstić information content (AvgIpc) is 2.87. The van der Waals surface area contributed by atoms with Gasteiger partial charge in [0.1, 0.15) is 12.7 Å². The van der Waals surface area contributed by atoms with Crippen LogP contribution in [0.25, 0.3) is 0 Å². The predicted octanol–water partition coefficient (Wildman–Crippen LogP) is 2.26. The van der Waals surface area contributed by atoms with Gasteiger partial charge in [-0.3, -0.25) is 4.68 Å². The monoisotopic (exact) mass is 348 g/mol. The molecule has 0 radical (unpaired) electrons. The molecule has 0 fully saturated rings. The van der Waals surface area contributed by atoms with Crippen molar-refractivity contribution in [2.75, 3.05) is 0 Å². The lowest BCUT2D eigenvalue weighted by Crippen LogP contribution is -2.35. The second kappa shape index (κ2) is 6.31. The van der Waals surface area contributed by atoms with Crippen LogP contribution in [0.3, 0.4) is 0 Å². The lowest BCUT2D eigenvalue weighted by atomic mass is 10.2. The zero-order chi connectivity index (χ0) is 15.6. The lowest BCUT2D eigenvalue weighted by Gasteiger charge is -2.15. The number of hydrogen-bond donors (Lipinski definition) is 1. The van der Waals surface area contributed by atoms with Gasteiger partial charge in [0.05, 0.1) is 11.4 Å². The lowest BCUT2D eigenvalue weighted by molar-refractivity contribution is 0.493. The molecule has 0 unspecified atom stereocenters. The summed E-state index contributed by atoms with van der Waals surface area (Å²) in [5.41, 5.74) is 0.646. The number of sulfonamides is 1. The predicted molar refractivity (Wildman–Crippen MR) is 81.0 cm³/mol. The normalized spacial score (nSPS) is 13.3. The maximum Gasteiger partial charge on any atom is 0.240 e. The summed E-state index contributed by atoms with van der Waals surface area (Å²) in [5.74, 6) is 0. The summed E-state index contributed by atoms with van der Waals surface area (Å²) in [6, 6.07) is 2.40. The van der Waals surface area contributed by atoms with Crippen LogP contribution in [-0.4, -0.2) is 29.2 Å². The van der Waals surface area contributed by atoms with E-state index in [1.54, 1.807) is 18.5 Å². The third-order valence-electron chi connectivity index (χ3n) is 2.85. The van der Waals surface area contributed by atoms with E-state index in [0.29, 0.717) is 22.2 Å². The summed E-state index contributed by atoms with van der Waals surface area (Å²) in [6.07, 6.45) is 2.91. The van der Waals surface area contributed by atoms with Gasteiger partial charge in [-0.25, -0.2) is 18.1 Å². The molecule has 1 heterocycles. The fourth-order valence-electron chi connectivity index (χ4n) is 1.75. The van der Waals surface area contributed by atoms with Crippen LogP contribution in [0.4, 0.5) is 0 Å². The number of aromatic nitrogens is 3. The van der Waals surface area contributed by atoms with Gasteiger partial charge in [-0.05, 0) is 31.5 Å². The van der Waals surface area contributed by atoms with Gasteiger partial charge in [0.15, 0.2) is 0 Å². The van der Waals surface area contributed by atoms with Crippen LogP contribution in [0, 0.1) is 6.92 Å². The van der Waals surface area contributed by atoms with Crippen molar-refractivity contribution in [3.63, 3.8) is 0 Å². The summed E-state index contributed by atoms with van der Waals surface area (Å²) in [4.78, 5) is 3.84. The van der Waals surface area contributed by atoms with E-state index in [-0.39, 0.29) is 10.9 Å². The van der Waals surface area contributed by atoms with E-state index in [1.807, 2.05) is 0 Å². The summed E-state index contributed by atoms with van der Waals surface area (Å²) in [7, 11) is -3.70. The molecule has 1 N–H and O–H groups in total. The second-order valence-corrected chi connectivity index (χ2v) is 7.18. The van der Waals surface area contributed by atoms with Gasteiger partial charge >= 0.3 is 0 Å². The third-order valence-corrected chi connectivity index (χ3v) is 5.20. The van der Waals surface area contributed by atoms with Crippen molar-refractivity contribution >= 4 is 33.2 Å². The molecule has 0 amide bonds. The molecule has 21 heavy (non-hydrogen) atoms. The Hall–Kier alpha value is -1.15. The van der Waals surface area contributed by atoms with Crippen molar-refractivity contribution in [1.29, 1.82) is 0 Å². The van der Waals surface area contributed by atoms with Crippen LogP contribution in [0.1, 0.15) is 12.5 Å². The number of nitrogens with one attached hydrogen (secondary N) is 1. The quantitative estimate of drug-likeness (QED) is 0.898. The Labute approximate surface area is 133 Å². The minimum atomic E-state index is -3.70. The Kier molecular flexibility index (Phi) is 4.88.